The molecule has 3 rings (SSSR count). The summed E-state index contributed by atoms with van der Waals surface area (Å²) in [5.41, 5.74) is 3.40. The van der Waals surface area contributed by atoms with Crippen LogP contribution in [-0.2, 0) is 6.54 Å². The third kappa shape index (κ3) is 4.92. The van der Waals surface area contributed by atoms with Crippen molar-refractivity contribution >= 4 is 16.2 Å². The third-order valence-corrected chi connectivity index (χ3v) is 6.69. The standard InChI is InChI=1S/C22H30N2O2S/c1-23-16-17-5-4-6-20(15-17)18-11-13-24(14-12-18)22(25)19-7-9-21(10-8-19)27(2,3)26/h4-10,15,18,23,26H,11-14,16H2,1-3H3. The summed E-state index contributed by atoms with van der Waals surface area (Å²) in [7, 11) is 0.219. The van der Waals surface area contributed by atoms with Gasteiger partial charge in [-0.1, -0.05) is 24.3 Å². The Morgan fingerprint density at radius 3 is 2.41 bits per heavy atom. The normalized spacial score (nSPS) is 16.4. The molecule has 1 fully saturated rings. The summed E-state index contributed by atoms with van der Waals surface area (Å²) in [6.07, 6.45) is 5.67. The second-order valence-corrected chi connectivity index (χ2v) is 10.7. The molecule has 0 unspecified atom stereocenters. The van der Waals surface area contributed by atoms with Gasteiger partial charge in [0, 0.05) is 30.1 Å². The summed E-state index contributed by atoms with van der Waals surface area (Å²) in [6.45, 7) is 2.46. The lowest BCUT2D eigenvalue weighted by atomic mass is 9.88. The number of rotatable bonds is 5. The number of likely N-dealkylation sites (tertiary alicyclic amines) is 1. The number of amides is 1. The van der Waals surface area contributed by atoms with Crippen LogP contribution in [0, 0.1) is 0 Å². The lowest BCUT2D eigenvalue weighted by Gasteiger charge is -2.32. The Balaban J connectivity index is 1.61. The van der Waals surface area contributed by atoms with E-state index in [4.69, 9.17) is 0 Å². The first-order valence-corrected chi connectivity index (χ1v) is 11.9. The maximum absolute atomic E-state index is 12.8. The zero-order chi connectivity index (χ0) is 19.4. The van der Waals surface area contributed by atoms with Gasteiger partial charge in [0.2, 0.25) is 0 Å². The summed E-state index contributed by atoms with van der Waals surface area (Å²) in [5, 5.41) is 3.20. The second kappa shape index (κ2) is 8.46. The average Bonchev–Trinajstić information content (AvgIpc) is 2.67. The fourth-order valence-electron chi connectivity index (χ4n) is 3.69. The molecular formula is C22H30N2O2S. The Hall–Kier alpha value is -1.82. The predicted octanol–water partition coefficient (Wildman–Crippen LogP) is 4.32. The fraction of sp³-hybridized carbons (Fsp3) is 0.409. The van der Waals surface area contributed by atoms with Gasteiger partial charge in [-0.15, -0.1) is 10.3 Å². The van der Waals surface area contributed by atoms with Gasteiger partial charge in [0.25, 0.3) is 5.91 Å². The number of benzene rings is 2. The highest BCUT2D eigenvalue weighted by molar-refractivity contribution is 8.28. The van der Waals surface area contributed by atoms with Gasteiger partial charge < -0.3 is 14.8 Å². The number of hydrogen-bond donors (Lipinski definition) is 2. The summed E-state index contributed by atoms with van der Waals surface area (Å²) in [4.78, 5) is 15.7. The van der Waals surface area contributed by atoms with Gasteiger partial charge in [-0.25, -0.2) is 0 Å². The van der Waals surface area contributed by atoms with Crippen molar-refractivity contribution in [3.8, 4) is 0 Å². The third-order valence-electron chi connectivity index (χ3n) is 5.26. The minimum Gasteiger partial charge on any atom is -0.348 e. The Labute approximate surface area is 164 Å². The van der Waals surface area contributed by atoms with Crippen molar-refractivity contribution in [3.05, 3.63) is 65.2 Å². The first-order chi connectivity index (χ1) is 12.9. The van der Waals surface area contributed by atoms with Crippen LogP contribution >= 0.6 is 10.3 Å². The molecule has 0 radical (unpaired) electrons. The van der Waals surface area contributed by atoms with Crippen LogP contribution in [0.5, 0.6) is 0 Å². The van der Waals surface area contributed by atoms with E-state index in [2.05, 4.69) is 29.6 Å². The van der Waals surface area contributed by atoms with Crippen LogP contribution in [0.15, 0.2) is 53.4 Å². The molecule has 0 aliphatic carbocycles. The van der Waals surface area contributed by atoms with E-state index in [0.717, 1.165) is 37.4 Å². The molecule has 2 aromatic rings. The molecule has 0 bridgehead atoms. The Morgan fingerprint density at radius 2 is 1.81 bits per heavy atom. The number of carbonyl (C=O) groups is 1. The lowest BCUT2D eigenvalue weighted by Crippen LogP contribution is -2.37. The Morgan fingerprint density at radius 1 is 1.15 bits per heavy atom. The number of nitrogens with zero attached hydrogens (tertiary/aromatic N) is 1. The maximum atomic E-state index is 12.8. The van der Waals surface area contributed by atoms with Crippen molar-refractivity contribution in [3.63, 3.8) is 0 Å². The summed E-state index contributed by atoms with van der Waals surface area (Å²) >= 11 is 0. The average molecular weight is 387 g/mol. The van der Waals surface area contributed by atoms with Crippen LogP contribution in [0.25, 0.3) is 0 Å². The van der Waals surface area contributed by atoms with Crippen molar-refractivity contribution < 1.29 is 9.35 Å². The predicted molar refractivity (Wildman–Crippen MR) is 114 cm³/mol. The highest BCUT2D eigenvalue weighted by Crippen LogP contribution is 2.44. The van der Waals surface area contributed by atoms with E-state index in [1.54, 1.807) is 0 Å². The van der Waals surface area contributed by atoms with Crippen LogP contribution in [0.3, 0.4) is 0 Å². The van der Waals surface area contributed by atoms with E-state index in [1.807, 2.05) is 48.7 Å². The maximum Gasteiger partial charge on any atom is 0.253 e. The minimum absolute atomic E-state index is 0.0923. The van der Waals surface area contributed by atoms with Gasteiger partial charge in [-0.3, -0.25) is 4.79 Å². The van der Waals surface area contributed by atoms with E-state index in [-0.39, 0.29) is 5.91 Å². The zero-order valence-corrected chi connectivity index (χ0v) is 17.3. The SMILES string of the molecule is CNCc1cccc(C2CCN(C(=O)c3ccc(S(C)(C)O)cc3)CC2)c1. The first-order valence-electron chi connectivity index (χ1n) is 9.47. The zero-order valence-electron chi connectivity index (χ0n) is 16.4. The van der Waals surface area contributed by atoms with Crippen molar-refractivity contribution in [2.45, 2.75) is 30.2 Å². The van der Waals surface area contributed by atoms with Crippen molar-refractivity contribution in [1.82, 2.24) is 10.2 Å². The minimum atomic E-state index is -1.75. The topological polar surface area (TPSA) is 52.6 Å². The van der Waals surface area contributed by atoms with Crippen LogP contribution < -0.4 is 5.32 Å². The molecule has 0 saturated carbocycles. The fourth-order valence-corrected chi connectivity index (χ4v) is 4.49. The Bertz CT molecular complexity index is 776. The molecule has 1 amide bonds. The van der Waals surface area contributed by atoms with Crippen LogP contribution in [-0.4, -0.2) is 48.0 Å². The lowest BCUT2D eigenvalue weighted by molar-refractivity contribution is 0.0713. The van der Waals surface area contributed by atoms with E-state index in [9.17, 15) is 9.35 Å². The van der Waals surface area contributed by atoms with Gasteiger partial charge in [0.05, 0.1) is 0 Å². The van der Waals surface area contributed by atoms with Crippen molar-refractivity contribution in [2.24, 2.45) is 0 Å². The van der Waals surface area contributed by atoms with Crippen molar-refractivity contribution in [1.29, 1.82) is 0 Å². The molecule has 1 saturated heterocycles. The molecule has 0 aromatic heterocycles. The number of piperidine rings is 1. The molecule has 27 heavy (non-hydrogen) atoms. The molecular weight excluding hydrogens is 356 g/mol. The number of hydrogen-bond acceptors (Lipinski definition) is 3. The van der Waals surface area contributed by atoms with Gasteiger partial charge >= 0.3 is 0 Å². The van der Waals surface area contributed by atoms with Gasteiger partial charge in [-0.05, 0) is 73.7 Å². The summed E-state index contributed by atoms with van der Waals surface area (Å²) in [6, 6.07) is 16.2. The molecule has 5 heteroatoms. The molecule has 4 nitrogen and oxygen atoms in total. The van der Waals surface area contributed by atoms with Gasteiger partial charge in [0.1, 0.15) is 0 Å². The monoisotopic (exact) mass is 386 g/mol. The summed E-state index contributed by atoms with van der Waals surface area (Å²) in [5.74, 6) is 0.613. The van der Waals surface area contributed by atoms with E-state index < -0.39 is 10.3 Å². The largest absolute Gasteiger partial charge is 0.348 e. The molecule has 146 valence electrons. The van der Waals surface area contributed by atoms with E-state index in [0.29, 0.717) is 11.5 Å². The molecule has 2 N–H and O–H groups in total. The van der Waals surface area contributed by atoms with Crippen LogP contribution in [0.1, 0.15) is 40.2 Å². The molecule has 0 spiro atoms. The molecule has 1 aliphatic heterocycles. The summed E-state index contributed by atoms with van der Waals surface area (Å²) < 4.78 is 10.1. The molecule has 1 heterocycles. The second-order valence-electron chi connectivity index (χ2n) is 7.64. The van der Waals surface area contributed by atoms with Crippen molar-refractivity contribution in [2.75, 3.05) is 32.6 Å². The molecule has 2 aromatic carbocycles. The highest BCUT2D eigenvalue weighted by Gasteiger charge is 2.25. The highest BCUT2D eigenvalue weighted by atomic mass is 32.3. The molecule has 1 aliphatic rings. The Kier molecular flexibility index (Phi) is 6.25. The van der Waals surface area contributed by atoms with Gasteiger partial charge in [0.15, 0.2) is 0 Å². The number of carbonyl (C=O) groups excluding carboxylic acids is 1. The van der Waals surface area contributed by atoms with Crippen LogP contribution in [0.2, 0.25) is 0 Å². The smallest absolute Gasteiger partial charge is 0.253 e. The van der Waals surface area contributed by atoms with E-state index in [1.165, 1.54) is 11.1 Å². The molecule has 0 atom stereocenters. The first kappa shape index (κ1) is 19.9. The van der Waals surface area contributed by atoms with Crippen LogP contribution in [0.4, 0.5) is 0 Å². The number of nitrogens with one attached hydrogen (secondary N) is 1. The van der Waals surface area contributed by atoms with Gasteiger partial charge in [-0.2, -0.15) is 0 Å². The van der Waals surface area contributed by atoms with E-state index >= 15 is 0 Å². The quantitative estimate of drug-likeness (QED) is 0.804.